The molecule has 0 aromatic carbocycles. The van der Waals surface area contributed by atoms with Crippen LogP contribution in [0.1, 0.15) is 46.5 Å². The van der Waals surface area contributed by atoms with E-state index < -0.39 is 0 Å². The summed E-state index contributed by atoms with van der Waals surface area (Å²) >= 11 is 0. The van der Waals surface area contributed by atoms with Crippen molar-refractivity contribution in [3.05, 3.63) is 24.1 Å². The molecule has 0 bridgehead atoms. The third kappa shape index (κ3) is 3.75. The minimum Gasteiger partial charge on any atom is -0.212 e. The van der Waals surface area contributed by atoms with Crippen LogP contribution in [0.3, 0.4) is 0 Å². The van der Waals surface area contributed by atoms with Crippen LogP contribution in [0.5, 0.6) is 0 Å². The average molecular weight is 184 g/mol. The van der Waals surface area contributed by atoms with Crippen LogP contribution in [0, 0.1) is 5.92 Å². The van der Waals surface area contributed by atoms with Crippen LogP contribution in [0.2, 0.25) is 0 Å². The zero-order valence-electron chi connectivity index (χ0n) is 9.07. The molecule has 0 N–H and O–H groups in total. The highest BCUT2D eigenvalue weighted by Gasteiger charge is 2.12. The number of halogens is 1. The average Bonchev–Trinajstić information content (AvgIpc) is 2.17. The summed E-state index contributed by atoms with van der Waals surface area (Å²) in [4.78, 5) is 0. The van der Waals surface area contributed by atoms with E-state index in [2.05, 4.69) is 20.4 Å². The Hall–Kier alpha value is -0.590. The summed E-state index contributed by atoms with van der Waals surface area (Å²) in [7, 11) is 0. The molecule has 0 rings (SSSR count). The lowest BCUT2D eigenvalue weighted by atomic mass is 9.91. The van der Waals surface area contributed by atoms with E-state index in [9.17, 15) is 4.39 Å². The van der Waals surface area contributed by atoms with Crippen molar-refractivity contribution < 1.29 is 4.39 Å². The predicted molar refractivity (Wildman–Crippen MR) is 57.3 cm³/mol. The Morgan fingerprint density at radius 1 is 1.38 bits per heavy atom. The van der Waals surface area contributed by atoms with Gasteiger partial charge in [-0.2, -0.15) is 0 Å². The summed E-state index contributed by atoms with van der Waals surface area (Å²) in [6.45, 7) is 9.76. The van der Waals surface area contributed by atoms with Crippen LogP contribution in [0.25, 0.3) is 0 Å². The molecular formula is C12H21F. The minimum atomic E-state index is 0.00954. The maximum Gasteiger partial charge on any atom is 0.103 e. The van der Waals surface area contributed by atoms with E-state index >= 15 is 0 Å². The van der Waals surface area contributed by atoms with Crippen LogP contribution in [-0.2, 0) is 0 Å². The molecule has 76 valence electrons. The van der Waals surface area contributed by atoms with Crippen molar-refractivity contribution in [2.45, 2.75) is 46.5 Å². The van der Waals surface area contributed by atoms with Crippen LogP contribution in [-0.4, -0.2) is 0 Å². The van der Waals surface area contributed by atoms with E-state index in [1.54, 1.807) is 6.08 Å². The zero-order valence-corrected chi connectivity index (χ0v) is 9.07. The molecule has 13 heavy (non-hydrogen) atoms. The molecule has 0 aromatic heterocycles. The highest BCUT2D eigenvalue weighted by Crippen LogP contribution is 2.26. The predicted octanol–water partition coefficient (Wildman–Crippen LogP) is 4.63. The van der Waals surface area contributed by atoms with Gasteiger partial charge >= 0.3 is 0 Å². The van der Waals surface area contributed by atoms with E-state index in [0.29, 0.717) is 12.3 Å². The molecule has 0 heterocycles. The second-order valence-electron chi connectivity index (χ2n) is 3.31. The van der Waals surface area contributed by atoms with Gasteiger partial charge in [0.1, 0.15) is 5.83 Å². The van der Waals surface area contributed by atoms with Gasteiger partial charge in [-0.3, -0.25) is 0 Å². The molecule has 0 spiro atoms. The number of rotatable bonds is 6. The van der Waals surface area contributed by atoms with E-state index in [1.165, 1.54) is 0 Å². The minimum absolute atomic E-state index is 0.00954. The fourth-order valence-electron chi connectivity index (χ4n) is 1.63. The maximum absolute atomic E-state index is 13.4. The van der Waals surface area contributed by atoms with E-state index in [1.807, 2.05) is 6.92 Å². The van der Waals surface area contributed by atoms with Gasteiger partial charge in [-0.05, 0) is 30.8 Å². The van der Waals surface area contributed by atoms with Gasteiger partial charge in [0.05, 0.1) is 0 Å². The summed E-state index contributed by atoms with van der Waals surface area (Å²) < 4.78 is 13.4. The molecule has 0 aliphatic carbocycles. The first-order valence-corrected chi connectivity index (χ1v) is 5.22. The van der Waals surface area contributed by atoms with Crippen molar-refractivity contribution in [2.75, 3.05) is 0 Å². The molecule has 0 amide bonds. The van der Waals surface area contributed by atoms with Gasteiger partial charge in [0.2, 0.25) is 0 Å². The normalized spacial score (nSPS) is 15.1. The van der Waals surface area contributed by atoms with Crippen LogP contribution < -0.4 is 0 Å². The van der Waals surface area contributed by atoms with E-state index in [0.717, 1.165) is 24.8 Å². The fourth-order valence-corrected chi connectivity index (χ4v) is 1.63. The molecule has 0 saturated carbocycles. The third-order valence-electron chi connectivity index (χ3n) is 2.41. The quantitative estimate of drug-likeness (QED) is 0.528. The number of allylic oxidation sites excluding steroid dienone is 3. The summed E-state index contributed by atoms with van der Waals surface area (Å²) in [5, 5.41) is 0. The molecular weight excluding hydrogens is 163 g/mol. The SMILES string of the molecule is C=C/C(=C(/F)CC)C(CC)CCC. The Morgan fingerprint density at radius 3 is 2.31 bits per heavy atom. The summed E-state index contributed by atoms with van der Waals surface area (Å²) in [5.74, 6) is 0.373. The summed E-state index contributed by atoms with van der Waals surface area (Å²) in [6.07, 6.45) is 5.34. The Kier molecular flexibility index (Phi) is 6.56. The largest absolute Gasteiger partial charge is 0.212 e. The molecule has 0 saturated heterocycles. The van der Waals surface area contributed by atoms with Gasteiger partial charge in [-0.1, -0.05) is 39.8 Å². The molecule has 0 nitrogen and oxygen atoms in total. The second kappa shape index (κ2) is 6.88. The van der Waals surface area contributed by atoms with Crippen molar-refractivity contribution in [1.29, 1.82) is 0 Å². The smallest absolute Gasteiger partial charge is 0.103 e. The first-order valence-electron chi connectivity index (χ1n) is 5.22. The lowest BCUT2D eigenvalue weighted by Crippen LogP contribution is -2.02. The van der Waals surface area contributed by atoms with E-state index in [4.69, 9.17) is 0 Å². The van der Waals surface area contributed by atoms with Gasteiger partial charge in [-0.25, -0.2) is 4.39 Å². The highest BCUT2D eigenvalue weighted by atomic mass is 19.1. The van der Waals surface area contributed by atoms with Gasteiger partial charge in [0, 0.05) is 0 Å². The lowest BCUT2D eigenvalue weighted by Gasteiger charge is -2.15. The van der Waals surface area contributed by atoms with Crippen LogP contribution in [0.4, 0.5) is 4.39 Å². The van der Waals surface area contributed by atoms with Crippen molar-refractivity contribution in [3.8, 4) is 0 Å². The summed E-state index contributed by atoms with van der Waals surface area (Å²) in [5.41, 5.74) is 0.826. The second-order valence-corrected chi connectivity index (χ2v) is 3.31. The van der Waals surface area contributed by atoms with E-state index in [-0.39, 0.29) is 5.83 Å². The van der Waals surface area contributed by atoms with Gasteiger partial charge in [0.15, 0.2) is 0 Å². The molecule has 0 fully saturated rings. The topological polar surface area (TPSA) is 0 Å². The van der Waals surface area contributed by atoms with Crippen molar-refractivity contribution in [2.24, 2.45) is 5.92 Å². The van der Waals surface area contributed by atoms with Crippen molar-refractivity contribution in [1.82, 2.24) is 0 Å². The van der Waals surface area contributed by atoms with Gasteiger partial charge in [0.25, 0.3) is 0 Å². The summed E-state index contributed by atoms with van der Waals surface area (Å²) in [6, 6.07) is 0. The molecule has 0 radical (unpaired) electrons. The number of hydrogen-bond acceptors (Lipinski definition) is 0. The van der Waals surface area contributed by atoms with Crippen LogP contribution >= 0.6 is 0 Å². The fraction of sp³-hybridized carbons (Fsp3) is 0.667. The monoisotopic (exact) mass is 184 g/mol. The van der Waals surface area contributed by atoms with Gasteiger partial charge < -0.3 is 0 Å². The number of hydrogen-bond donors (Lipinski definition) is 0. The Labute approximate surface area is 81.5 Å². The molecule has 0 aliphatic heterocycles. The first-order chi connectivity index (χ1) is 6.21. The van der Waals surface area contributed by atoms with Gasteiger partial charge in [-0.15, -0.1) is 0 Å². The maximum atomic E-state index is 13.4. The molecule has 0 aliphatic rings. The molecule has 1 atom stereocenters. The molecule has 1 heteroatoms. The van der Waals surface area contributed by atoms with Crippen molar-refractivity contribution in [3.63, 3.8) is 0 Å². The molecule has 1 unspecified atom stereocenters. The Balaban J connectivity index is 4.61. The Morgan fingerprint density at radius 2 is 2.00 bits per heavy atom. The third-order valence-corrected chi connectivity index (χ3v) is 2.41. The van der Waals surface area contributed by atoms with Crippen LogP contribution in [0.15, 0.2) is 24.1 Å². The lowest BCUT2D eigenvalue weighted by molar-refractivity contribution is 0.503. The first kappa shape index (κ1) is 12.4. The molecule has 0 aromatic rings. The van der Waals surface area contributed by atoms with Crippen molar-refractivity contribution >= 4 is 0 Å². The Bertz CT molecular complexity index is 180. The zero-order chi connectivity index (χ0) is 10.3. The standard InChI is InChI=1S/C12H21F/c1-5-9-10(6-2)11(7-3)12(13)8-4/h7,10H,3,5-6,8-9H2,1-2,4H3/b12-11-. The highest BCUT2D eigenvalue weighted by molar-refractivity contribution is 5.23.